The average Bonchev–Trinajstić information content (AvgIpc) is 2.27. The molecule has 0 amide bonds. The van der Waals surface area contributed by atoms with E-state index in [1.54, 1.807) is 6.08 Å². The SMILES string of the molecule is CC(C)=CC(=O)C1CCc2ccccc2C1. The molecule has 1 aromatic rings. The van der Waals surface area contributed by atoms with Crippen molar-refractivity contribution in [1.82, 2.24) is 0 Å². The first-order valence-corrected chi connectivity index (χ1v) is 5.92. The van der Waals surface area contributed by atoms with Crippen LogP contribution < -0.4 is 0 Å². The van der Waals surface area contributed by atoms with Crippen molar-refractivity contribution in [3.05, 3.63) is 47.0 Å². The van der Waals surface area contributed by atoms with Gasteiger partial charge in [0.15, 0.2) is 5.78 Å². The van der Waals surface area contributed by atoms with Gasteiger partial charge in [0.2, 0.25) is 0 Å². The number of benzene rings is 1. The lowest BCUT2D eigenvalue weighted by Gasteiger charge is -2.22. The number of carbonyl (C=O) groups excluding carboxylic acids is 1. The maximum atomic E-state index is 11.9. The predicted molar refractivity (Wildman–Crippen MR) is 66.4 cm³/mol. The van der Waals surface area contributed by atoms with E-state index >= 15 is 0 Å². The minimum Gasteiger partial charge on any atom is -0.295 e. The summed E-state index contributed by atoms with van der Waals surface area (Å²) in [5.41, 5.74) is 3.88. The summed E-state index contributed by atoms with van der Waals surface area (Å²) in [7, 11) is 0. The molecule has 0 aliphatic heterocycles. The summed E-state index contributed by atoms with van der Waals surface area (Å²) in [6.45, 7) is 3.96. The number of fused-ring (bicyclic) bond motifs is 1. The highest BCUT2D eigenvalue weighted by molar-refractivity contribution is 5.92. The predicted octanol–water partition coefficient (Wildman–Crippen LogP) is 3.33. The van der Waals surface area contributed by atoms with Crippen molar-refractivity contribution in [2.75, 3.05) is 0 Å². The smallest absolute Gasteiger partial charge is 0.159 e. The van der Waals surface area contributed by atoms with E-state index in [-0.39, 0.29) is 5.92 Å². The van der Waals surface area contributed by atoms with Crippen LogP contribution in [0.25, 0.3) is 0 Å². The van der Waals surface area contributed by atoms with E-state index in [0.717, 1.165) is 24.8 Å². The molecule has 0 N–H and O–H groups in total. The van der Waals surface area contributed by atoms with Crippen LogP contribution in [0.3, 0.4) is 0 Å². The molecule has 1 atom stereocenters. The number of allylic oxidation sites excluding steroid dienone is 2. The van der Waals surface area contributed by atoms with E-state index < -0.39 is 0 Å². The van der Waals surface area contributed by atoms with Gasteiger partial charge in [0.05, 0.1) is 0 Å². The summed E-state index contributed by atoms with van der Waals surface area (Å²) in [6.07, 6.45) is 4.75. The van der Waals surface area contributed by atoms with Crippen LogP contribution in [0, 0.1) is 5.92 Å². The maximum absolute atomic E-state index is 11.9. The Kier molecular flexibility index (Phi) is 3.23. The Bertz CT molecular complexity index is 425. The van der Waals surface area contributed by atoms with Crippen molar-refractivity contribution in [2.24, 2.45) is 5.92 Å². The van der Waals surface area contributed by atoms with Gasteiger partial charge in [0, 0.05) is 5.92 Å². The topological polar surface area (TPSA) is 17.1 Å². The molecule has 84 valence electrons. The maximum Gasteiger partial charge on any atom is 0.159 e. The quantitative estimate of drug-likeness (QED) is 0.690. The molecule has 1 unspecified atom stereocenters. The Morgan fingerprint density at radius 2 is 1.94 bits per heavy atom. The van der Waals surface area contributed by atoms with Crippen LogP contribution in [-0.2, 0) is 17.6 Å². The van der Waals surface area contributed by atoms with E-state index in [4.69, 9.17) is 0 Å². The van der Waals surface area contributed by atoms with Crippen LogP contribution in [0.5, 0.6) is 0 Å². The third kappa shape index (κ3) is 2.41. The first kappa shape index (κ1) is 11.1. The van der Waals surface area contributed by atoms with E-state index in [2.05, 4.69) is 24.3 Å². The van der Waals surface area contributed by atoms with Crippen LogP contribution in [0.2, 0.25) is 0 Å². The number of hydrogen-bond acceptors (Lipinski definition) is 1. The van der Waals surface area contributed by atoms with Crippen molar-refractivity contribution in [2.45, 2.75) is 33.1 Å². The van der Waals surface area contributed by atoms with Crippen LogP contribution in [0.1, 0.15) is 31.4 Å². The molecule has 0 saturated heterocycles. The number of rotatable bonds is 2. The molecular weight excluding hydrogens is 196 g/mol. The molecule has 0 bridgehead atoms. The summed E-state index contributed by atoms with van der Waals surface area (Å²) in [5, 5.41) is 0. The molecule has 1 aliphatic rings. The molecule has 1 aliphatic carbocycles. The Morgan fingerprint density at radius 3 is 2.62 bits per heavy atom. The minimum absolute atomic E-state index is 0.199. The third-order valence-corrected chi connectivity index (χ3v) is 3.18. The molecule has 0 saturated carbocycles. The molecule has 0 spiro atoms. The summed E-state index contributed by atoms with van der Waals surface area (Å²) >= 11 is 0. The van der Waals surface area contributed by atoms with Crippen molar-refractivity contribution in [3.63, 3.8) is 0 Å². The molecule has 0 aromatic heterocycles. The van der Waals surface area contributed by atoms with Crippen LogP contribution in [0.4, 0.5) is 0 Å². The van der Waals surface area contributed by atoms with Gasteiger partial charge in [-0.3, -0.25) is 4.79 Å². The van der Waals surface area contributed by atoms with E-state index in [0.29, 0.717) is 5.78 Å². The fraction of sp³-hybridized carbons (Fsp3) is 0.400. The lowest BCUT2D eigenvalue weighted by molar-refractivity contribution is -0.118. The Labute approximate surface area is 97.2 Å². The Hall–Kier alpha value is -1.37. The monoisotopic (exact) mass is 214 g/mol. The largest absolute Gasteiger partial charge is 0.295 e. The summed E-state index contributed by atoms with van der Waals surface area (Å²) in [4.78, 5) is 11.9. The lowest BCUT2D eigenvalue weighted by atomic mass is 9.81. The zero-order chi connectivity index (χ0) is 11.5. The van der Waals surface area contributed by atoms with Gasteiger partial charge in [-0.1, -0.05) is 29.8 Å². The third-order valence-electron chi connectivity index (χ3n) is 3.18. The number of hydrogen-bond donors (Lipinski definition) is 0. The Balaban J connectivity index is 2.14. The summed E-state index contributed by atoms with van der Waals surface area (Å²) < 4.78 is 0. The molecule has 2 rings (SSSR count). The fourth-order valence-electron chi connectivity index (χ4n) is 2.34. The average molecular weight is 214 g/mol. The normalized spacial score (nSPS) is 18.8. The molecule has 0 heterocycles. The highest BCUT2D eigenvalue weighted by atomic mass is 16.1. The molecule has 1 nitrogen and oxygen atoms in total. The van der Waals surface area contributed by atoms with Gasteiger partial charge >= 0.3 is 0 Å². The number of aryl methyl sites for hydroxylation is 1. The fourth-order valence-corrected chi connectivity index (χ4v) is 2.34. The van der Waals surface area contributed by atoms with Gasteiger partial charge in [0.1, 0.15) is 0 Å². The number of ketones is 1. The highest BCUT2D eigenvalue weighted by Crippen LogP contribution is 2.26. The van der Waals surface area contributed by atoms with Gasteiger partial charge in [-0.05, 0) is 50.3 Å². The second kappa shape index (κ2) is 4.65. The van der Waals surface area contributed by atoms with Crippen molar-refractivity contribution in [3.8, 4) is 0 Å². The second-order valence-electron chi connectivity index (χ2n) is 4.83. The van der Waals surface area contributed by atoms with Gasteiger partial charge in [0.25, 0.3) is 0 Å². The zero-order valence-corrected chi connectivity index (χ0v) is 9.99. The van der Waals surface area contributed by atoms with Crippen molar-refractivity contribution < 1.29 is 4.79 Å². The highest BCUT2D eigenvalue weighted by Gasteiger charge is 2.22. The van der Waals surface area contributed by atoms with Gasteiger partial charge in [-0.15, -0.1) is 0 Å². The van der Waals surface area contributed by atoms with E-state index in [9.17, 15) is 4.79 Å². The summed E-state index contributed by atoms with van der Waals surface area (Å²) in [5.74, 6) is 0.499. The minimum atomic E-state index is 0.199. The number of carbonyl (C=O) groups is 1. The zero-order valence-electron chi connectivity index (χ0n) is 9.99. The van der Waals surface area contributed by atoms with Gasteiger partial charge < -0.3 is 0 Å². The van der Waals surface area contributed by atoms with Crippen LogP contribution in [0.15, 0.2) is 35.9 Å². The second-order valence-corrected chi connectivity index (χ2v) is 4.83. The lowest BCUT2D eigenvalue weighted by Crippen LogP contribution is -2.21. The van der Waals surface area contributed by atoms with Crippen LogP contribution in [-0.4, -0.2) is 5.78 Å². The van der Waals surface area contributed by atoms with E-state index in [1.807, 2.05) is 13.8 Å². The first-order valence-electron chi connectivity index (χ1n) is 5.92. The van der Waals surface area contributed by atoms with Gasteiger partial charge in [-0.25, -0.2) is 0 Å². The van der Waals surface area contributed by atoms with Crippen molar-refractivity contribution >= 4 is 5.78 Å². The molecule has 1 aromatic carbocycles. The van der Waals surface area contributed by atoms with Crippen LogP contribution >= 0.6 is 0 Å². The molecular formula is C15H18O. The molecule has 1 heteroatoms. The first-order chi connectivity index (χ1) is 7.66. The molecule has 16 heavy (non-hydrogen) atoms. The molecule has 0 fully saturated rings. The van der Waals surface area contributed by atoms with Crippen molar-refractivity contribution in [1.29, 1.82) is 0 Å². The van der Waals surface area contributed by atoms with Gasteiger partial charge in [-0.2, -0.15) is 0 Å². The summed E-state index contributed by atoms with van der Waals surface area (Å²) in [6, 6.07) is 8.47. The van der Waals surface area contributed by atoms with E-state index in [1.165, 1.54) is 11.1 Å². The molecule has 0 radical (unpaired) electrons. The standard InChI is InChI=1S/C15H18O/c1-11(2)9-15(16)14-8-7-12-5-3-4-6-13(12)10-14/h3-6,9,14H,7-8,10H2,1-2H3. The Morgan fingerprint density at radius 1 is 1.25 bits per heavy atom.